The summed E-state index contributed by atoms with van der Waals surface area (Å²) in [4.78, 5) is 0. The number of thioether (sulfide) groups is 4. The third-order valence-corrected chi connectivity index (χ3v) is 11.6. The molecule has 0 radical (unpaired) electrons. The van der Waals surface area contributed by atoms with Crippen LogP contribution in [-0.4, -0.2) is 44.0 Å². The number of rotatable bonds is 0. The van der Waals surface area contributed by atoms with E-state index < -0.39 is 0 Å². The van der Waals surface area contributed by atoms with Gasteiger partial charge in [-0.25, -0.2) is 0 Å². The average molecular weight is 377 g/mol. The zero-order valence-electron chi connectivity index (χ0n) is 13.8. The maximum Gasteiger partial charge on any atom is 0.0166 e. The first kappa shape index (κ1) is 18.2. The Morgan fingerprint density at radius 2 is 0.636 bits per heavy atom. The highest BCUT2D eigenvalue weighted by molar-refractivity contribution is 8.04. The van der Waals surface area contributed by atoms with Gasteiger partial charge in [0.05, 0.1) is 0 Å². The Hall–Kier alpha value is 1.40. The molecule has 0 unspecified atom stereocenters. The van der Waals surface area contributed by atoms with Crippen molar-refractivity contribution in [2.45, 2.75) is 85.2 Å². The van der Waals surface area contributed by atoms with Crippen LogP contribution in [-0.2, 0) is 0 Å². The molecule has 1 saturated heterocycles. The summed E-state index contributed by atoms with van der Waals surface area (Å²) in [5, 5.41) is 3.90. The lowest BCUT2D eigenvalue weighted by atomic mass is 10.00. The topological polar surface area (TPSA) is 0 Å². The van der Waals surface area contributed by atoms with Crippen LogP contribution in [0.3, 0.4) is 0 Å². The minimum Gasteiger partial charge on any atom is -0.157 e. The predicted molar refractivity (Wildman–Crippen MR) is 111 cm³/mol. The molecule has 0 aromatic rings. The van der Waals surface area contributed by atoms with Gasteiger partial charge in [0.2, 0.25) is 0 Å². The Kier molecular flexibility index (Phi) is 8.61. The molecule has 4 atom stereocenters. The highest BCUT2D eigenvalue weighted by Crippen LogP contribution is 2.40. The first-order valence-corrected chi connectivity index (χ1v) is 13.6. The van der Waals surface area contributed by atoms with Crippen molar-refractivity contribution in [3.05, 3.63) is 0 Å². The maximum absolute atomic E-state index is 2.32. The third-order valence-electron chi connectivity index (χ3n) is 5.19. The van der Waals surface area contributed by atoms with E-state index in [4.69, 9.17) is 0 Å². The minimum atomic E-state index is 0.974. The van der Waals surface area contributed by atoms with Gasteiger partial charge in [-0.2, -0.15) is 47.0 Å². The van der Waals surface area contributed by atoms with Crippen molar-refractivity contribution < 1.29 is 0 Å². The molecule has 3 fully saturated rings. The SMILES string of the molecule is C1CS[C@@H]2CCCC[C@H]2SCCCS[C@@H]2CCCC[C@H]2SC1. The second-order valence-electron chi connectivity index (χ2n) is 6.91. The van der Waals surface area contributed by atoms with Gasteiger partial charge >= 0.3 is 0 Å². The third kappa shape index (κ3) is 5.74. The zero-order valence-corrected chi connectivity index (χ0v) is 17.1. The summed E-state index contributed by atoms with van der Waals surface area (Å²) < 4.78 is 0. The Bertz CT molecular complexity index is 251. The van der Waals surface area contributed by atoms with Gasteiger partial charge in [-0.15, -0.1) is 0 Å². The van der Waals surface area contributed by atoms with E-state index in [1.54, 1.807) is 0 Å². The van der Waals surface area contributed by atoms with E-state index in [0.717, 1.165) is 21.0 Å². The molecule has 0 aromatic carbocycles. The van der Waals surface area contributed by atoms with Crippen molar-refractivity contribution >= 4 is 47.0 Å². The standard InChI is InChI=1S/C18H32S4/c1-2-8-16-15(7-1)19-11-5-13-21-17-9-3-4-10-18(17)22-14-6-12-20-16/h15-18H,1-14H2/t15-,16-,17-,18-/m1/s1. The summed E-state index contributed by atoms with van der Waals surface area (Å²) >= 11 is 9.29. The van der Waals surface area contributed by atoms with Gasteiger partial charge in [-0.3, -0.25) is 0 Å². The van der Waals surface area contributed by atoms with E-state index >= 15 is 0 Å². The molecule has 0 bridgehead atoms. The van der Waals surface area contributed by atoms with Gasteiger partial charge in [-0.1, -0.05) is 25.7 Å². The zero-order chi connectivity index (χ0) is 15.0. The summed E-state index contributed by atoms with van der Waals surface area (Å²) in [6.07, 6.45) is 14.8. The van der Waals surface area contributed by atoms with Gasteiger partial charge in [0.25, 0.3) is 0 Å². The van der Waals surface area contributed by atoms with Gasteiger partial charge < -0.3 is 0 Å². The van der Waals surface area contributed by atoms with E-state index in [-0.39, 0.29) is 0 Å². The fraction of sp³-hybridized carbons (Fsp3) is 1.00. The van der Waals surface area contributed by atoms with Crippen molar-refractivity contribution in [1.82, 2.24) is 0 Å². The van der Waals surface area contributed by atoms with Crippen LogP contribution in [0.25, 0.3) is 0 Å². The van der Waals surface area contributed by atoms with Crippen LogP contribution in [0.2, 0.25) is 0 Å². The second-order valence-corrected chi connectivity index (χ2v) is 12.3. The lowest BCUT2D eigenvalue weighted by Gasteiger charge is -2.32. The summed E-state index contributed by atoms with van der Waals surface area (Å²) in [7, 11) is 0. The molecular formula is C18H32S4. The Labute approximate surface area is 154 Å². The van der Waals surface area contributed by atoms with Gasteiger partial charge in [-0.05, 0) is 61.5 Å². The smallest absolute Gasteiger partial charge is 0.0166 e. The van der Waals surface area contributed by atoms with Crippen molar-refractivity contribution in [2.75, 3.05) is 23.0 Å². The molecule has 3 rings (SSSR count). The summed E-state index contributed by atoms with van der Waals surface area (Å²) in [6, 6.07) is 0. The van der Waals surface area contributed by atoms with E-state index in [2.05, 4.69) is 47.0 Å². The average Bonchev–Trinajstić information content (AvgIpc) is 2.56. The summed E-state index contributed by atoms with van der Waals surface area (Å²) in [5.41, 5.74) is 0. The first-order valence-electron chi connectivity index (χ1n) is 9.40. The van der Waals surface area contributed by atoms with Crippen molar-refractivity contribution in [2.24, 2.45) is 0 Å². The monoisotopic (exact) mass is 376 g/mol. The molecule has 1 aliphatic heterocycles. The van der Waals surface area contributed by atoms with Crippen LogP contribution in [0, 0.1) is 0 Å². The van der Waals surface area contributed by atoms with Crippen molar-refractivity contribution in [1.29, 1.82) is 0 Å². The normalized spacial score (nSPS) is 39.3. The van der Waals surface area contributed by atoms with Crippen molar-refractivity contribution in [3.8, 4) is 0 Å². The van der Waals surface area contributed by atoms with Gasteiger partial charge in [0.15, 0.2) is 0 Å². The molecule has 3 aliphatic rings. The molecule has 0 nitrogen and oxygen atoms in total. The van der Waals surface area contributed by atoms with Gasteiger partial charge in [0.1, 0.15) is 0 Å². The number of hydrogen-bond donors (Lipinski definition) is 0. The second kappa shape index (κ2) is 10.4. The van der Waals surface area contributed by atoms with Crippen LogP contribution in [0.4, 0.5) is 0 Å². The van der Waals surface area contributed by atoms with Crippen LogP contribution in [0.1, 0.15) is 64.2 Å². The Morgan fingerprint density at radius 3 is 0.909 bits per heavy atom. The molecule has 2 aliphatic carbocycles. The van der Waals surface area contributed by atoms with E-state index in [1.807, 2.05) is 0 Å². The fourth-order valence-corrected chi connectivity index (χ4v) is 10.4. The molecule has 0 spiro atoms. The number of hydrogen-bond acceptors (Lipinski definition) is 4. The molecular weight excluding hydrogens is 344 g/mol. The van der Waals surface area contributed by atoms with Crippen LogP contribution >= 0.6 is 47.0 Å². The summed E-state index contributed by atoms with van der Waals surface area (Å²) in [5.74, 6) is 5.66. The van der Waals surface area contributed by atoms with Gasteiger partial charge in [0, 0.05) is 21.0 Å². The molecule has 0 N–H and O–H groups in total. The van der Waals surface area contributed by atoms with Crippen LogP contribution in [0.5, 0.6) is 0 Å². The summed E-state index contributed by atoms with van der Waals surface area (Å²) in [6.45, 7) is 0. The largest absolute Gasteiger partial charge is 0.157 e. The highest BCUT2D eigenvalue weighted by Gasteiger charge is 2.27. The van der Waals surface area contributed by atoms with E-state index in [9.17, 15) is 0 Å². The molecule has 128 valence electrons. The van der Waals surface area contributed by atoms with Crippen LogP contribution < -0.4 is 0 Å². The predicted octanol–water partition coefficient (Wildman–Crippen LogP) is 6.34. The lowest BCUT2D eigenvalue weighted by molar-refractivity contribution is 0.526. The molecule has 22 heavy (non-hydrogen) atoms. The fourth-order valence-electron chi connectivity index (χ4n) is 3.94. The lowest BCUT2D eigenvalue weighted by Crippen LogP contribution is -2.27. The van der Waals surface area contributed by atoms with E-state index in [0.29, 0.717) is 0 Å². The molecule has 0 amide bonds. The molecule has 0 aromatic heterocycles. The number of fused-ring (bicyclic) bond motifs is 2. The minimum absolute atomic E-state index is 0.974. The van der Waals surface area contributed by atoms with Crippen LogP contribution in [0.15, 0.2) is 0 Å². The molecule has 2 saturated carbocycles. The molecule has 4 heteroatoms. The van der Waals surface area contributed by atoms with Crippen molar-refractivity contribution in [3.63, 3.8) is 0 Å². The Morgan fingerprint density at radius 1 is 0.364 bits per heavy atom. The first-order chi connectivity index (χ1) is 10.9. The Balaban J connectivity index is 1.50. The molecule has 1 heterocycles. The maximum atomic E-state index is 2.32. The quantitative estimate of drug-likeness (QED) is 0.484. The van der Waals surface area contributed by atoms with E-state index in [1.165, 1.54) is 87.2 Å². The highest BCUT2D eigenvalue weighted by atomic mass is 32.2.